The third-order valence-electron chi connectivity index (χ3n) is 4.79. The van der Waals surface area contributed by atoms with E-state index in [-0.39, 0.29) is 34.2 Å². The molecule has 32 heavy (non-hydrogen) atoms. The summed E-state index contributed by atoms with van der Waals surface area (Å²) in [6, 6.07) is 12.3. The van der Waals surface area contributed by atoms with Crippen LogP contribution >= 0.6 is 0 Å². The van der Waals surface area contributed by atoms with Crippen LogP contribution in [-0.2, 0) is 0 Å². The van der Waals surface area contributed by atoms with Crippen LogP contribution in [0.2, 0.25) is 0 Å². The van der Waals surface area contributed by atoms with Crippen LogP contribution in [0.25, 0.3) is 0 Å². The zero-order chi connectivity index (χ0) is 23.4. The van der Waals surface area contributed by atoms with E-state index in [1.54, 1.807) is 43.3 Å². The van der Waals surface area contributed by atoms with Gasteiger partial charge in [0.1, 0.15) is 0 Å². The molecule has 0 atom stereocenters. The molecule has 0 aromatic heterocycles. The predicted octanol–water partition coefficient (Wildman–Crippen LogP) is 3.51. The first kappa shape index (κ1) is 22.3. The van der Waals surface area contributed by atoms with Gasteiger partial charge in [0, 0.05) is 11.3 Å². The lowest BCUT2D eigenvalue weighted by molar-refractivity contribution is 0.101. The predicted molar refractivity (Wildman–Crippen MR) is 121 cm³/mol. The van der Waals surface area contributed by atoms with Crippen LogP contribution in [0.1, 0.15) is 26.3 Å². The summed E-state index contributed by atoms with van der Waals surface area (Å²) in [5, 5.41) is 26.0. The van der Waals surface area contributed by atoms with Gasteiger partial charge < -0.3 is 36.1 Å². The third kappa shape index (κ3) is 4.36. The molecule has 2 amide bonds. The van der Waals surface area contributed by atoms with Crippen LogP contribution in [0.5, 0.6) is 23.0 Å². The molecule has 9 nitrogen and oxygen atoms in total. The van der Waals surface area contributed by atoms with Gasteiger partial charge in [0.15, 0.2) is 23.0 Å². The van der Waals surface area contributed by atoms with E-state index in [1.807, 2.05) is 0 Å². The van der Waals surface area contributed by atoms with Crippen molar-refractivity contribution in [2.45, 2.75) is 6.92 Å². The van der Waals surface area contributed by atoms with Gasteiger partial charge in [-0.3, -0.25) is 9.59 Å². The van der Waals surface area contributed by atoms with E-state index in [0.29, 0.717) is 16.8 Å². The Balaban J connectivity index is 1.88. The molecule has 6 N–H and O–H groups in total. The van der Waals surface area contributed by atoms with Crippen molar-refractivity contribution in [1.82, 2.24) is 0 Å². The number of carbonyl (C=O) groups is 2. The number of nitrogen functional groups attached to an aromatic ring is 1. The van der Waals surface area contributed by atoms with E-state index >= 15 is 0 Å². The fraction of sp³-hybridized carbons (Fsp3) is 0.130. The number of carbonyl (C=O) groups excluding carboxylic acids is 2. The average molecular weight is 437 g/mol. The molecule has 0 heterocycles. The van der Waals surface area contributed by atoms with Gasteiger partial charge in [-0.15, -0.1) is 0 Å². The molecule has 0 unspecified atom stereocenters. The fourth-order valence-electron chi connectivity index (χ4n) is 3.05. The highest BCUT2D eigenvalue weighted by Gasteiger charge is 2.22. The van der Waals surface area contributed by atoms with E-state index in [1.165, 1.54) is 26.4 Å². The van der Waals surface area contributed by atoms with Crippen molar-refractivity contribution in [2.75, 3.05) is 30.6 Å². The van der Waals surface area contributed by atoms with Crippen LogP contribution in [0, 0.1) is 6.92 Å². The number of rotatable bonds is 6. The fourth-order valence-corrected chi connectivity index (χ4v) is 3.05. The summed E-state index contributed by atoms with van der Waals surface area (Å²) >= 11 is 0. The molecule has 166 valence electrons. The standard InChI is InChI=1S/C23H23N3O6/c1-12-4-10-16(20(31-2)18(12)27)26-23(30)15-9-11-17(21(32-3)19(15)28)25-22(29)13-5-7-14(24)8-6-13/h4-11,27-28H,24H2,1-3H3,(H,25,29)(H,26,30). The number of nitrogens with one attached hydrogen (secondary N) is 2. The number of hydrogen-bond acceptors (Lipinski definition) is 7. The summed E-state index contributed by atoms with van der Waals surface area (Å²) in [6.07, 6.45) is 0. The number of anilines is 3. The lowest BCUT2D eigenvalue weighted by Crippen LogP contribution is -2.15. The molecule has 0 radical (unpaired) electrons. The van der Waals surface area contributed by atoms with Gasteiger partial charge in [-0.2, -0.15) is 0 Å². The largest absolute Gasteiger partial charge is 0.504 e. The molecular formula is C23H23N3O6. The second-order valence-electron chi connectivity index (χ2n) is 6.88. The number of benzene rings is 3. The molecule has 0 bridgehead atoms. The third-order valence-corrected chi connectivity index (χ3v) is 4.79. The first-order valence-corrected chi connectivity index (χ1v) is 9.51. The lowest BCUT2D eigenvalue weighted by Gasteiger charge is -2.16. The van der Waals surface area contributed by atoms with Gasteiger partial charge in [-0.1, -0.05) is 6.07 Å². The second kappa shape index (κ2) is 9.17. The average Bonchev–Trinajstić information content (AvgIpc) is 2.77. The van der Waals surface area contributed by atoms with Gasteiger partial charge in [0.05, 0.1) is 31.2 Å². The maximum Gasteiger partial charge on any atom is 0.259 e. The van der Waals surface area contributed by atoms with Crippen LogP contribution in [0.3, 0.4) is 0 Å². The van der Waals surface area contributed by atoms with E-state index in [9.17, 15) is 19.8 Å². The molecule has 3 aromatic rings. The minimum absolute atomic E-state index is 0.0832. The van der Waals surface area contributed by atoms with Crippen molar-refractivity contribution in [1.29, 1.82) is 0 Å². The zero-order valence-corrected chi connectivity index (χ0v) is 17.7. The maximum atomic E-state index is 12.8. The topological polar surface area (TPSA) is 143 Å². The van der Waals surface area contributed by atoms with Crippen LogP contribution in [0.15, 0.2) is 48.5 Å². The maximum absolute atomic E-state index is 12.8. The molecule has 0 aliphatic heterocycles. The van der Waals surface area contributed by atoms with E-state index < -0.39 is 17.6 Å². The Hall–Kier alpha value is -4.40. The Morgan fingerprint density at radius 3 is 1.91 bits per heavy atom. The normalized spacial score (nSPS) is 10.3. The molecule has 0 fully saturated rings. The van der Waals surface area contributed by atoms with Crippen molar-refractivity contribution in [2.24, 2.45) is 0 Å². The summed E-state index contributed by atoms with van der Waals surface area (Å²) < 4.78 is 10.4. The highest BCUT2D eigenvalue weighted by molar-refractivity contribution is 6.10. The van der Waals surface area contributed by atoms with Gasteiger partial charge in [0.2, 0.25) is 0 Å². The first-order valence-electron chi connectivity index (χ1n) is 9.51. The van der Waals surface area contributed by atoms with E-state index in [2.05, 4.69) is 10.6 Å². The molecule has 3 rings (SSSR count). The molecule has 9 heteroatoms. The molecular weight excluding hydrogens is 414 g/mol. The van der Waals surface area contributed by atoms with Crippen molar-refractivity contribution in [3.63, 3.8) is 0 Å². The Morgan fingerprint density at radius 1 is 0.781 bits per heavy atom. The summed E-state index contributed by atoms with van der Waals surface area (Å²) in [7, 11) is 2.67. The molecule has 0 aliphatic carbocycles. The van der Waals surface area contributed by atoms with Crippen molar-refractivity contribution < 1.29 is 29.3 Å². The number of nitrogens with two attached hydrogens (primary N) is 1. The van der Waals surface area contributed by atoms with Gasteiger partial charge >= 0.3 is 0 Å². The van der Waals surface area contributed by atoms with Crippen LogP contribution in [0.4, 0.5) is 17.1 Å². The molecule has 3 aromatic carbocycles. The molecule has 0 saturated carbocycles. The molecule has 0 aliphatic rings. The summed E-state index contributed by atoms with van der Waals surface area (Å²) in [5.41, 5.74) is 7.38. The second-order valence-corrected chi connectivity index (χ2v) is 6.88. The first-order chi connectivity index (χ1) is 15.3. The van der Waals surface area contributed by atoms with Gasteiger partial charge in [-0.05, 0) is 55.0 Å². The number of phenols is 2. The number of methoxy groups -OCH3 is 2. The van der Waals surface area contributed by atoms with Gasteiger partial charge in [0.25, 0.3) is 11.8 Å². The van der Waals surface area contributed by atoms with Crippen molar-refractivity contribution in [3.8, 4) is 23.0 Å². The van der Waals surface area contributed by atoms with Crippen LogP contribution < -0.4 is 25.8 Å². The highest BCUT2D eigenvalue weighted by atomic mass is 16.5. The lowest BCUT2D eigenvalue weighted by atomic mass is 10.1. The van der Waals surface area contributed by atoms with E-state index in [0.717, 1.165) is 0 Å². The Bertz CT molecular complexity index is 1180. The highest BCUT2D eigenvalue weighted by Crippen LogP contribution is 2.40. The van der Waals surface area contributed by atoms with Crippen molar-refractivity contribution in [3.05, 3.63) is 65.2 Å². The molecule has 0 spiro atoms. The number of hydrogen-bond donors (Lipinski definition) is 5. The Kier molecular flexibility index (Phi) is 6.39. The summed E-state index contributed by atoms with van der Waals surface area (Å²) in [5.74, 6) is -1.67. The number of aromatic hydroxyl groups is 2. The zero-order valence-electron chi connectivity index (χ0n) is 17.7. The Morgan fingerprint density at radius 2 is 1.31 bits per heavy atom. The van der Waals surface area contributed by atoms with E-state index in [4.69, 9.17) is 15.2 Å². The minimum Gasteiger partial charge on any atom is -0.504 e. The number of phenolic OH excluding ortho intramolecular Hbond substituents is 2. The summed E-state index contributed by atoms with van der Waals surface area (Å²) in [6.45, 7) is 1.69. The number of amides is 2. The Labute approximate surface area is 184 Å². The quantitative estimate of drug-likeness (QED) is 0.371. The van der Waals surface area contributed by atoms with Gasteiger partial charge in [-0.25, -0.2) is 0 Å². The SMILES string of the molecule is COc1c(NC(=O)c2ccc(NC(=O)c3ccc(N)cc3)c(OC)c2O)ccc(C)c1O. The number of aryl methyl sites for hydroxylation is 1. The number of ether oxygens (including phenoxy) is 2. The smallest absolute Gasteiger partial charge is 0.259 e. The van der Waals surface area contributed by atoms with Crippen molar-refractivity contribution >= 4 is 28.9 Å². The molecule has 0 saturated heterocycles. The summed E-state index contributed by atoms with van der Waals surface area (Å²) in [4.78, 5) is 25.3. The monoisotopic (exact) mass is 437 g/mol. The van der Waals surface area contributed by atoms with Crippen LogP contribution in [-0.4, -0.2) is 36.2 Å². The minimum atomic E-state index is -0.668.